The standard InChI is InChI=1S/C21H22N8O4S/c1-3-9-32-14-8-7-13(11-15(14)31-4-2)12-23-25-21(30)17-18(16-6-5-10-34-16)29(28-24-17)20-19(22)26-33-27-20/h5-8,10-12H,3-4,9H2,1-2H3,(H2,22,26)(H,25,30). The first-order valence-electron chi connectivity index (χ1n) is 10.4. The molecule has 0 saturated heterocycles. The average Bonchev–Trinajstić information content (AvgIpc) is 3.59. The van der Waals surface area contributed by atoms with Gasteiger partial charge in [0.05, 0.1) is 24.3 Å². The van der Waals surface area contributed by atoms with E-state index in [1.54, 1.807) is 12.1 Å². The second-order valence-electron chi connectivity index (χ2n) is 6.84. The number of amides is 1. The summed E-state index contributed by atoms with van der Waals surface area (Å²) in [6, 6.07) is 9.07. The van der Waals surface area contributed by atoms with Crippen molar-refractivity contribution in [2.24, 2.45) is 5.10 Å². The fourth-order valence-corrected chi connectivity index (χ4v) is 3.73. The maximum Gasteiger partial charge on any atom is 0.294 e. The van der Waals surface area contributed by atoms with Gasteiger partial charge in [-0.15, -0.1) is 16.4 Å². The normalized spacial score (nSPS) is 11.1. The van der Waals surface area contributed by atoms with Gasteiger partial charge < -0.3 is 15.2 Å². The van der Waals surface area contributed by atoms with Crippen LogP contribution in [-0.4, -0.2) is 50.6 Å². The van der Waals surface area contributed by atoms with Crippen LogP contribution >= 0.6 is 11.3 Å². The second kappa shape index (κ2) is 10.6. The minimum atomic E-state index is -0.561. The summed E-state index contributed by atoms with van der Waals surface area (Å²) < 4.78 is 17.3. The van der Waals surface area contributed by atoms with Gasteiger partial charge in [-0.25, -0.2) is 10.1 Å². The third-order valence-electron chi connectivity index (χ3n) is 4.45. The molecule has 3 aromatic heterocycles. The van der Waals surface area contributed by atoms with Gasteiger partial charge in [-0.1, -0.05) is 18.2 Å². The van der Waals surface area contributed by atoms with Gasteiger partial charge in [0.15, 0.2) is 17.2 Å². The summed E-state index contributed by atoms with van der Waals surface area (Å²) in [4.78, 5) is 13.6. The smallest absolute Gasteiger partial charge is 0.294 e. The fraction of sp³-hybridized carbons (Fsp3) is 0.238. The number of ether oxygens (including phenoxy) is 2. The van der Waals surface area contributed by atoms with Crippen LogP contribution in [0.2, 0.25) is 0 Å². The molecule has 0 spiro atoms. The lowest BCUT2D eigenvalue weighted by Crippen LogP contribution is -2.19. The van der Waals surface area contributed by atoms with E-state index in [1.807, 2.05) is 37.4 Å². The van der Waals surface area contributed by atoms with Gasteiger partial charge in [-0.3, -0.25) is 4.79 Å². The van der Waals surface area contributed by atoms with Crippen LogP contribution in [0.15, 0.2) is 45.4 Å². The van der Waals surface area contributed by atoms with Crippen molar-refractivity contribution in [3.05, 3.63) is 47.0 Å². The topological polar surface area (TPSA) is 156 Å². The Balaban J connectivity index is 1.55. The van der Waals surface area contributed by atoms with Crippen LogP contribution in [-0.2, 0) is 0 Å². The van der Waals surface area contributed by atoms with Crippen molar-refractivity contribution in [2.45, 2.75) is 20.3 Å². The van der Waals surface area contributed by atoms with Gasteiger partial charge in [0.2, 0.25) is 11.6 Å². The lowest BCUT2D eigenvalue weighted by molar-refractivity contribution is 0.0951. The van der Waals surface area contributed by atoms with E-state index < -0.39 is 5.91 Å². The zero-order valence-electron chi connectivity index (χ0n) is 18.5. The Hall–Kier alpha value is -4.26. The van der Waals surface area contributed by atoms with E-state index in [0.717, 1.165) is 16.9 Å². The van der Waals surface area contributed by atoms with Crippen LogP contribution in [0.3, 0.4) is 0 Å². The molecule has 1 amide bonds. The third kappa shape index (κ3) is 4.88. The molecule has 13 heteroatoms. The number of carbonyl (C=O) groups excluding carboxylic acids is 1. The van der Waals surface area contributed by atoms with E-state index >= 15 is 0 Å². The maximum absolute atomic E-state index is 12.9. The Kier molecular flexibility index (Phi) is 7.13. The van der Waals surface area contributed by atoms with Gasteiger partial charge in [-0.2, -0.15) is 9.78 Å². The number of hydrogen-bond acceptors (Lipinski definition) is 11. The van der Waals surface area contributed by atoms with Crippen molar-refractivity contribution in [3.63, 3.8) is 0 Å². The number of nitrogens with one attached hydrogen (secondary N) is 1. The molecule has 0 atom stereocenters. The fourth-order valence-electron chi connectivity index (χ4n) is 2.98. The highest BCUT2D eigenvalue weighted by molar-refractivity contribution is 7.13. The van der Waals surface area contributed by atoms with Crippen LogP contribution in [0.25, 0.3) is 16.4 Å². The van der Waals surface area contributed by atoms with Crippen LogP contribution in [0.4, 0.5) is 5.82 Å². The number of carbonyl (C=O) groups is 1. The number of benzene rings is 1. The summed E-state index contributed by atoms with van der Waals surface area (Å²) in [7, 11) is 0. The van der Waals surface area contributed by atoms with E-state index in [9.17, 15) is 4.79 Å². The maximum atomic E-state index is 12.9. The average molecular weight is 483 g/mol. The van der Waals surface area contributed by atoms with E-state index in [2.05, 4.69) is 35.8 Å². The van der Waals surface area contributed by atoms with E-state index in [1.165, 1.54) is 22.2 Å². The predicted molar refractivity (Wildman–Crippen MR) is 125 cm³/mol. The van der Waals surface area contributed by atoms with Gasteiger partial charge in [0, 0.05) is 0 Å². The highest BCUT2D eigenvalue weighted by atomic mass is 32.1. The van der Waals surface area contributed by atoms with Crippen molar-refractivity contribution in [3.8, 4) is 27.9 Å². The highest BCUT2D eigenvalue weighted by Crippen LogP contribution is 2.30. The molecule has 176 valence electrons. The summed E-state index contributed by atoms with van der Waals surface area (Å²) in [5.41, 5.74) is 9.43. The second-order valence-corrected chi connectivity index (χ2v) is 7.78. The zero-order valence-corrected chi connectivity index (χ0v) is 19.3. The Morgan fingerprint density at radius 3 is 2.85 bits per heavy atom. The molecule has 4 aromatic rings. The molecule has 0 bridgehead atoms. The third-order valence-corrected chi connectivity index (χ3v) is 5.32. The molecule has 0 unspecified atom stereocenters. The predicted octanol–water partition coefficient (Wildman–Crippen LogP) is 2.91. The Bertz CT molecular complexity index is 1280. The number of nitrogens with zero attached hydrogens (tertiary/aromatic N) is 6. The Morgan fingerprint density at radius 2 is 2.15 bits per heavy atom. The molecular weight excluding hydrogens is 460 g/mol. The number of thiophene rings is 1. The summed E-state index contributed by atoms with van der Waals surface area (Å²) >= 11 is 1.40. The summed E-state index contributed by atoms with van der Waals surface area (Å²) in [6.07, 6.45) is 2.39. The van der Waals surface area contributed by atoms with Crippen LogP contribution in [0.5, 0.6) is 11.5 Å². The SMILES string of the molecule is CCCOc1ccc(C=NNC(=O)c2nnn(-c3nonc3N)c2-c2cccs2)cc1OCC. The number of rotatable bonds is 10. The van der Waals surface area contributed by atoms with Crippen molar-refractivity contribution in [2.75, 3.05) is 18.9 Å². The Morgan fingerprint density at radius 1 is 1.26 bits per heavy atom. The first-order valence-corrected chi connectivity index (χ1v) is 11.3. The minimum Gasteiger partial charge on any atom is -0.490 e. The first kappa shape index (κ1) is 22.9. The molecule has 34 heavy (non-hydrogen) atoms. The minimum absolute atomic E-state index is 0.0177. The molecule has 0 aliphatic heterocycles. The summed E-state index contributed by atoms with van der Waals surface area (Å²) in [5.74, 6) is 0.849. The molecule has 0 saturated carbocycles. The van der Waals surface area contributed by atoms with Crippen molar-refractivity contribution >= 4 is 29.3 Å². The molecule has 0 aliphatic rings. The molecular formula is C21H22N8O4S. The quantitative estimate of drug-likeness (QED) is 0.256. The first-order chi connectivity index (χ1) is 16.6. The molecule has 12 nitrogen and oxygen atoms in total. The molecule has 3 N–H and O–H groups in total. The molecule has 0 fully saturated rings. The molecule has 0 aliphatic carbocycles. The molecule has 3 heterocycles. The van der Waals surface area contributed by atoms with Gasteiger partial charge >= 0.3 is 0 Å². The van der Waals surface area contributed by atoms with Crippen molar-refractivity contribution < 1.29 is 18.9 Å². The molecule has 0 radical (unpaired) electrons. The molecule has 4 rings (SSSR count). The Labute approximate surface area is 198 Å². The lowest BCUT2D eigenvalue weighted by Gasteiger charge is -2.11. The largest absolute Gasteiger partial charge is 0.490 e. The van der Waals surface area contributed by atoms with Crippen LogP contribution < -0.4 is 20.6 Å². The van der Waals surface area contributed by atoms with Crippen LogP contribution in [0, 0.1) is 0 Å². The van der Waals surface area contributed by atoms with E-state index in [0.29, 0.717) is 30.4 Å². The highest BCUT2D eigenvalue weighted by Gasteiger charge is 2.25. The van der Waals surface area contributed by atoms with Crippen LogP contribution in [0.1, 0.15) is 36.3 Å². The molecule has 1 aromatic carbocycles. The van der Waals surface area contributed by atoms with Crippen molar-refractivity contribution in [1.82, 2.24) is 30.7 Å². The summed E-state index contributed by atoms with van der Waals surface area (Å²) in [6.45, 7) is 5.01. The van der Waals surface area contributed by atoms with Gasteiger partial charge in [0.1, 0.15) is 5.69 Å². The van der Waals surface area contributed by atoms with Gasteiger partial charge in [-0.05, 0) is 58.9 Å². The number of anilines is 1. The number of nitrogens with two attached hydrogens (primary N) is 1. The monoisotopic (exact) mass is 482 g/mol. The zero-order chi connectivity index (χ0) is 23.9. The number of nitrogen functional groups attached to an aromatic ring is 1. The van der Waals surface area contributed by atoms with Crippen molar-refractivity contribution in [1.29, 1.82) is 0 Å². The lowest BCUT2D eigenvalue weighted by atomic mass is 10.2. The number of aromatic nitrogens is 5. The number of hydrogen-bond donors (Lipinski definition) is 2. The van der Waals surface area contributed by atoms with E-state index in [-0.39, 0.29) is 17.3 Å². The van der Waals surface area contributed by atoms with E-state index in [4.69, 9.17) is 15.2 Å². The number of hydrazone groups is 1. The summed E-state index contributed by atoms with van der Waals surface area (Å²) in [5, 5.41) is 21.3. The van der Waals surface area contributed by atoms with Gasteiger partial charge in [0.25, 0.3) is 5.91 Å².